The van der Waals surface area contributed by atoms with Crippen LogP contribution in [0.5, 0.6) is 5.75 Å². The highest BCUT2D eigenvalue weighted by Gasteiger charge is 2.48. The van der Waals surface area contributed by atoms with Crippen LogP contribution in [0, 0.1) is 0 Å². The third-order valence-electron chi connectivity index (χ3n) is 5.54. The normalized spacial score (nSPS) is 20.5. The van der Waals surface area contributed by atoms with E-state index in [0.717, 1.165) is 5.56 Å². The molecule has 1 aliphatic rings. The fourth-order valence-corrected chi connectivity index (χ4v) is 4.45. The van der Waals surface area contributed by atoms with Crippen molar-refractivity contribution in [1.82, 2.24) is 20.9 Å². The smallest absolute Gasteiger partial charge is 0.267 e. The van der Waals surface area contributed by atoms with E-state index in [-0.39, 0.29) is 31.0 Å². The van der Waals surface area contributed by atoms with Crippen LogP contribution in [0.3, 0.4) is 0 Å². The number of aromatic nitrogens is 2. The molecule has 36 heavy (non-hydrogen) atoms. The molecule has 1 aromatic carbocycles. The molecule has 0 saturated carbocycles. The van der Waals surface area contributed by atoms with E-state index >= 15 is 0 Å². The van der Waals surface area contributed by atoms with Crippen molar-refractivity contribution in [2.24, 2.45) is 0 Å². The van der Waals surface area contributed by atoms with E-state index < -0.39 is 21.3 Å². The Bertz CT molecular complexity index is 1120. The van der Waals surface area contributed by atoms with Crippen molar-refractivity contribution in [3.63, 3.8) is 0 Å². The Hall–Kier alpha value is -2.84. The zero-order chi connectivity index (χ0) is 26.0. The summed E-state index contributed by atoms with van der Waals surface area (Å²) in [5.74, 6) is 0.540. The van der Waals surface area contributed by atoms with Crippen LogP contribution >= 0.6 is 0 Å². The highest BCUT2D eigenvalue weighted by atomic mass is 32.2. The fraction of sp³-hybridized carbons (Fsp3) is 0.522. The molecule has 2 unspecified atom stereocenters. The maximum Gasteiger partial charge on any atom is 0.267 e. The third-order valence-corrected chi connectivity index (χ3v) is 6.57. The third kappa shape index (κ3) is 7.83. The van der Waals surface area contributed by atoms with Gasteiger partial charge in [0.15, 0.2) is 12.2 Å². The molecule has 0 radical (unpaired) electrons. The summed E-state index contributed by atoms with van der Waals surface area (Å²) < 4.78 is 46.4. The molecule has 2 atom stereocenters. The predicted molar refractivity (Wildman–Crippen MR) is 129 cm³/mol. The van der Waals surface area contributed by atoms with Crippen LogP contribution in [0.25, 0.3) is 6.08 Å². The van der Waals surface area contributed by atoms with Gasteiger partial charge in [0, 0.05) is 32.1 Å². The number of amides is 1. The van der Waals surface area contributed by atoms with E-state index in [9.17, 15) is 13.2 Å². The van der Waals surface area contributed by atoms with Crippen LogP contribution in [0.4, 0.5) is 0 Å². The summed E-state index contributed by atoms with van der Waals surface area (Å²) in [4.78, 5) is 15.6. The number of carbonyl (C=O) groups is 1. The molecule has 13 heteroatoms. The zero-order valence-corrected chi connectivity index (χ0v) is 21.1. The molecule has 1 aliphatic heterocycles. The summed E-state index contributed by atoms with van der Waals surface area (Å²) in [6.45, 7) is 3.76. The van der Waals surface area contributed by atoms with E-state index in [1.807, 2.05) is 6.92 Å². The Morgan fingerprint density at radius 1 is 1.36 bits per heavy atom. The van der Waals surface area contributed by atoms with E-state index in [2.05, 4.69) is 15.5 Å². The number of hydrogen-bond donors (Lipinski definition) is 3. The fourth-order valence-electron chi connectivity index (χ4n) is 3.80. The van der Waals surface area contributed by atoms with Crippen molar-refractivity contribution in [3.8, 4) is 5.75 Å². The van der Waals surface area contributed by atoms with Gasteiger partial charge in [-0.25, -0.2) is 13.9 Å². The maximum absolute atomic E-state index is 11.5. The maximum atomic E-state index is 11.5. The number of nitrogens with one attached hydrogen (secondary N) is 2. The lowest BCUT2D eigenvalue weighted by molar-refractivity contribution is -0.169. The average molecular weight is 525 g/mol. The standard InChI is InChI=1S/C23H32N4O8S/c1-3-32-19-15-24-12-11-23(19,34-13-4-14-36(2,30)31)22-25-21(35-27-22)16-33-18-8-5-17(6-9-18)7-10-20(28)26-29/h5-10,19,24,29H,3-4,11-16H2,1-2H3,(H,26,28)/b10-7+. The number of hydroxylamine groups is 1. The lowest BCUT2D eigenvalue weighted by Gasteiger charge is -2.41. The van der Waals surface area contributed by atoms with Gasteiger partial charge in [-0.05, 0) is 50.1 Å². The summed E-state index contributed by atoms with van der Waals surface area (Å²) in [6.07, 6.45) is 4.43. The minimum Gasteiger partial charge on any atom is -0.484 e. The molecule has 1 amide bonds. The quantitative estimate of drug-likeness (QED) is 0.149. The van der Waals surface area contributed by atoms with Crippen LogP contribution in [0.1, 0.15) is 37.0 Å². The molecule has 1 aromatic heterocycles. The number of carbonyl (C=O) groups excluding carboxylic acids is 1. The second kappa shape index (κ2) is 12.9. The molecule has 0 bridgehead atoms. The minimum atomic E-state index is -3.10. The topological polar surface area (TPSA) is 162 Å². The summed E-state index contributed by atoms with van der Waals surface area (Å²) in [5, 5.41) is 16.0. The van der Waals surface area contributed by atoms with Gasteiger partial charge in [-0.2, -0.15) is 4.98 Å². The molecule has 2 aromatic rings. The van der Waals surface area contributed by atoms with Gasteiger partial charge < -0.3 is 24.1 Å². The van der Waals surface area contributed by atoms with Gasteiger partial charge in [0.1, 0.15) is 21.7 Å². The van der Waals surface area contributed by atoms with Gasteiger partial charge in [0.2, 0.25) is 5.82 Å². The molecule has 2 heterocycles. The number of rotatable bonds is 13. The second-order valence-electron chi connectivity index (χ2n) is 8.30. The highest BCUT2D eigenvalue weighted by Crippen LogP contribution is 2.35. The van der Waals surface area contributed by atoms with E-state index in [1.165, 1.54) is 17.8 Å². The van der Waals surface area contributed by atoms with Crippen LogP contribution in [0.15, 0.2) is 34.9 Å². The number of hydrogen-bond acceptors (Lipinski definition) is 11. The summed E-state index contributed by atoms with van der Waals surface area (Å²) in [5.41, 5.74) is 1.29. The van der Waals surface area contributed by atoms with E-state index in [1.54, 1.807) is 30.3 Å². The summed E-state index contributed by atoms with van der Waals surface area (Å²) in [6, 6.07) is 6.93. The van der Waals surface area contributed by atoms with Gasteiger partial charge in [-0.15, -0.1) is 0 Å². The lowest BCUT2D eigenvalue weighted by Crippen LogP contribution is -2.55. The molecule has 12 nitrogen and oxygen atoms in total. The van der Waals surface area contributed by atoms with Crippen LogP contribution in [-0.4, -0.2) is 74.1 Å². The Balaban J connectivity index is 1.68. The Morgan fingerprint density at radius 3 is 2.83 bits per heavy atom. The first-order chi connectivity index (χ1) is 17.3. The van der Waals surface area contributed by atoms with Gasteiger partial charge in [-0.3, -0.25) is 10.0 Å². The van der Waals surface area contributed by atoms with Gasteiger partial charge >= 0.3 is 0 Å². The Morgan fingerprint density at radius 2 is 2.14 bits per heavy atom. The number of piperidine rings is 1. The number of ether oxygens (including phenoxy) is 3. The van der Waals surface area contributed by atoms with Crippen molar-refractivity contribution < 1.29 is 37.2 Å². The molecule has 1 fully saturated rings. The Kier molecular flexibility index (Phi) is 9.96. The highest BCUT2D eigenvalue weighted by molar-refractivity contribution is 7.90. The molecule has 3 rings (SSSR count). The van der Waals surface area contributed by atoms with Crippen molar-refractivity contribution in [1.29, 1.82) is 0 Å². The molecule has 3 N–H and O–H groups in total. The van der Waals surface area contributed by atoms with Crippen molar-refractivity contribution in [3.05, 3.63) is 47.6 Å². The van der Waals surface area contributed by atoms with Gasteiger partial charge in [0.05, 0.1) is 5.75 Å². The first-order valence-corrected chi connectivity index (χ1v) is 13.6. The number of sulfone groups is 1. The van der Waals surface area contributed by atoms with Crippen molar-refractivity contribution in [2.45, 2.75) is 38.1 Å². The first kappa shape index (κ1) is 27.7. The molecular weight excluding hydrogens is 492 g/mol. The molecule has 0 aliphatic carbocycles. The van der Waals surface area contributed by atoms with E-state index in [4.69, 9.17) is 23.9 Å². The molecule has 1 saturated heterocycles. The number of benzene rings is 1. The number of nitrogens with zero attached hydrogens (tertiary/aromatic N) is 2. The molecular formula is C23H32N4O8S. The van der Waals surface area contributed by atoms with Gasteiger partial charge in [-0.1, -0.05) is 17.3 Å². The second-order valence-corrected chi connectivity index (χ2v) is 10.6. The largest absolute Gasteiger partial charge is 0.484 e. The van der Waals surface area contributed by atoms with E-state index in [0.29, 0.717) is 44.1 Å². The van der Waals surface area contributed by atoms with Crippen LogP contribution < -0.4 is 15.5 Å². The Labute approximate surface area is 209 Å². The van der Waals surface area contributed by atoms with Crippen LogP contribution in [-0.2, 0) is 36.3 Å². The predicted octanol–water partition coefficient (Wildman–Crippen LogP) is 1.21. The zero-order valence-electron chi connectivity index (χ0n) is 20.3. The van der Waals surface area contributed by atoms with Gasteiger partial charge in [0.25, 0.3) is 11.8 Å². The minimum absolute atomic E-state index is 0.0230. The average Bonchev–Trinajstić information content (AvgIpc) is 3.35. The lowest BCUT2D eigenvalue weighted by atomic mass is 9.88. The summed E-state index contributed by atoms with van der Waals surface area (Å²) in [7, 11) is -3.10. The van der Waals surface area contributed by atoms with Crippen molar-refractivity contribution >= 4 is 21.8 Å². The molecule has 198 valence electrons. The molecule has 0 spiro atoms. The summed E-state index contributed by atoms with van der Waals surface area (Å²) >= 11 is 0. The SMILES string of the molecule is CCOC1CNCCC1(OCCCS(C)(=O)=O)c1noc(COc2ccc(/C=C/C(=O)NO)cc2)n1. The van der Waals surface area contributed by atoms with Crippen LogP contribution in [0.2, 0.25) is 0 Å². The monoisotopic (exact) mass is 524 g/mol. The van der Waals surface area contributed by atoms with Crippen molar-refractivity contribution in [2.75, 3.05) is 38.3 Å². The first-order valence-electron chi connectivity index (χ1n) is 11.6.